The van der Waals surface area contributed by atoms with Gasteiger partial charge in [-0.05, 0) is 36.8 Å². The van der Waals surface area contributed by atoms with Crippen molar-refractivity contribution < 1.29 is 9.90 Å². The average Bonchev–Trinajstić information content (AvgIpc) is 2.46. The fourth-order valence-corrected chi connectivity index (χ4v) is 3.02. The lowest BCUT2D eigenvalue weighted by molar-refractivity contribution is -0.136. The Morgan fingerprint density at radius 2 is 1.85 bits per heavy atom. The standard InChI is InChI=1S/C17H25NO2/c1-14-7-9-15(10-8-14)13-18(12-11-17(19)20)16-5-3-2-4-6-16/h2-6,14-15H,7-13H2,1H3,(H,19,20). The fraction of sp³-hybridized carbons (Fsp3) is 0.588. The monoisotopic (exact) mass is 275 g/mol. The first kappa shape index (κ1) is 14.9. The number of carbonyl (C=O) groups is 1. The maximum atomic E-state index is 10.8. The summed E-state index contributed by atoms with van der Waals surface area (Å²) in [6, 6.07) is 10.2. The van der Waals surface area contributed by atoms with E-state index in [-0.39, 0.29) is 6.42 Å². The lowest BCUT2D eigenvalue weighted by Crippen LogP contribution is -2.33. The van der Waals surface area contributed by atoms with E-state index < -0.39 is 5.97 Å². The van der Waals surface area contributed by atoms with E-state index in [2.05, 4.69) is 24.0 Å². The Labute approximate surface area is 121 Å². The number of carboxylic acid groups (broad SMARTS) is 1. The highest BCUT2D eigenvalue weighted by Crippen LogP contribution is 2.30. The smallest absolute Gasteiger partial charge is 0.305 e. The number of hydrogen-bond donors (Lipinski definition) is 1. The summed E-state index contributed by atoms with van der Waals surface area (Å²) < 4.78 is 0. The van der Waals surface area contributed by atoms with Crippen LogP contribution in [-0.2, 0) is 4.79 Å². The van der Waals surface area contributed by atoms with Crippen molar-refractivity contribution in [2.24, 2.45) is 11.8 Å². The predicted octanol–water partition coefficient (Wildman–Crippen LogP) is 3.79. The van der Waals surface area contributed by atoms with Gasteiger partial charge in [0, 0.05) is 18.8 Å². The van der Waals surface area contributed by atoms with Gasteiger partial charge in [-0.1, -0.05) is 38.0 Å². The van der Waals surface area contributed by atoms with Crippen LogP contribution >= 0.6 is 0 Å². The number of carboxylic acids is 1. The summed E-state index contributed by atoms with van der Waals surface area (Å²) in [4.78, 5) is 13.1. The Bertz CT molecular complexity index is 410. The van der Waals surface area contributed by atoms with E-state index in [0.717, 1.165) is 18.2 Å². The molecule has 110 valence electrons. The largest absolute Gasteiger partial charge is 0.481 e. The first-order chi connectivity index (χ1) is 9.65. The van der Waals surface area contributed by atoms with E-state index in [1.807, 2.05) is 18.2 Å². The first-order valence-electron chi connectivity index (χ1n) is 7.67. The van der Waals surface area contributed by atoms with Gasteiger partial charge in [-0.2, -0.15) is 0 Å². The molecule has 1 aromatic carbocycles. The number of nitrogens with zero attached hydrogens (tertiary/aromatic N) is 1. The number of hydrogen-bond acceptors (Lipinski definition) is 2. The van der Waals surface area contributed by atoms with Gasteiger partial charge in [-0.15, -0.1) is 0 Å². The summed E-state index contributed by atoms with van der Waals surface area (Å²) in [6.45, 7) is 3.92. The Balaban J connectivity index is 1.97. The summed E-state index contributed by atoms with van der Waals surface area (Å²) in [5, 5.41) is 8.92. The van der Waals surface area contributed by atoms with Gasteiger partial charge in [0.05, 0.1) is 6.42 Å². The van der Waals surface area contributed by atoms with Gasteiger partial charge in [0.2, 0.25) is 0 Å². The molecule has 1 N–H and O–H groups in total. The Kier molecular flexibility index (Phi) is 5.45. The molecule has 0 spiro atoms. The molecule has 0 bridgehead atoms. The van der Waals surface area contributed by atoms with Crippen LogP contribution in [0.2, 0.25) is 0 Å². The van der Waals surface area contributed by atoms with Crippen molar-refractivity contribution in [1.82, 2.24) is 0 Å². The summed E-state index contributed by atoms with van der Waals surface area (Å²) in [5.74, 6) is 0.846. The molecule has 1 saturated carbocycles. The van der Waals surface area contributed by atoms with E-state index in [1.165, 1.54) is 25.7 Å². The predicted molar refractivity (Wildman–Crippen MR) is 82.0 cm³/mol. The molecule has 3 nitrogen and oxygen atoms in total. The minimum atomic E-state index is -0.719. The third-order valence-electron chi connectivity index (χ3n) is 4.33. The zero-order valence-corrected chi connectivity index (χ0v) is 12.3. The molecule has 1 fully saturated rings. The van der Waals surface area contributed by atoms with Crippen LogP contribution in [0, 0.1) is 11.8 Å². The van der Waals surface area contributed by atoms with Crippen LogP contribution in [0.1, 0.15) is 39.0 Å². The van der Waals surface area contributed by atoms with Crippen LogP contribution in [0.4, 0.5) is 5.69 Å². The Hall–Kier alpha value is -1.51. The number of rotatable bonds is 6. The lowest BCUT2D eigenvalue weighted by atomic mass is 9.82. The van der Waals surface area contributed by atoms with Crippen molar-refractivity contribution in [3.05, 3.63) is 30.3 Å². The minimum absolute atomic E-state index is 0.206. The van der Waals surface area contributed by atoms with Crippen molar-refractivity contribution >= 4 is 11.7 Å². The third kappa shape index (κ3) is 4.55. The van der Waals surface area contributed by atoms with Gasteiger partial charge in [0.15, 0.2) is 0 Å². The highest BCUT2D eigenvalue weighted by atomic mass is 16.4. The van der Waals surface area contributed by atoms with Crippen LogP contribution in [0.15, 0.2) is 30.3 Å². The van der Waals surface area contributed by atoms with Crippen molar-refractivity contribution in [3.63, 3.8) is 0 Å². The van der Waals surface area contributed by atoms with Gasteiger partial charge in [0.1, 0.15) is 0 Å². The molecule has 2 rings (SSSR count). The van der Waals surface area contributed by atoms with Crippen LogP contribution < -0.4 is 4.90 Å². The summed E-state index contributed by atoms with van der Waals surface area (Å²) in [7, 11) is 0. The molecule has 20 heavy (non-hydrogen) atoms. The zero-order valence-electron chi connectivity index (χ0n) is 12.3. The summed E-state index contributed by atoms with van der Waals surface area (Å²) in [5.41, 5.74) is 1.15. The number of para-hydroxylation sites is 1. The van der Waals surface area contributed by atoms with Gasteiger partial charge in [-0.25, -0.2) is 0 Å². The second kappa shape index (κ2) is 7.32. The molecule has 0 heterocycles. The molecular formula is C17H25NO2. The fourth-order valence-electron chi connectivity index (χ4n) is 3.02. The molecule has 0 saturated heterocycles. The minimum Gasteiger partial charge on any atom is -0.481 e. The quantitative estimate of drug-likeness (QED) is 0.858. The van der Waals surface area contributed by atoms with Gasteiger partial charge >= 0.3 is 5.97 Å². The molecule has 0 radical (unpaired) electrons. The molecule has 1 aromatic rings. The van der Waals surface area contributed by atoms with Crippen molar-refractivity contribution in [3.8, 4) is 0 Å². The Morgan fingerprint density at radius 3 is 2.45 bits per heavy atom. The van der Waals surface area contributed by atoms with Gasteiger partial charge < -0.3 is 10.0 Å². The molecule has 0 aliphatic heterocycles. The molecule has 0 unspecified atom stereocenters. The van der Waals surface area contributed by atoms with Gasteiger partial charge in [0.25, 0.3) is 0 Å². The topological polar surface area (TPSA) is 40.5 Å². The Morgan fingerprint density at radius 1 is 1.20 bits per heavy atom. The molecular weight excluding hydrogens is 250 g/mol. The third-order valence-corrected chi connectivity index (χ3v) is 4.33. The molecule has 1 aliphatic rings. The normalized spacial score (nSPS) is 22.4. The van der Waals surface area contributed by atoms with E-state index in [9.17, 15) is 4.79 Å². The second-order valence-corrected chi connectivity index (χ2v) is 6.05. The second-order valence-electron chi connectivity index (χ2n) is 6.05. The zero-order chi connectivity index (χ0) is 14.4. The molecule has 0 aromatic heterocycles. The van der Waals surface area contributed by atoms with Crippen molar-refractivity contribution in [2.75, 3.05) is 18.0 Å². The van der Waals surface area contributed by atoms with Crippen LogP contribution in [0.5, 0.6) is 0 Å². The van der Waals surface area contributed by atoms with E-state index >= 15 is 0 Å². The average molecular weight is 275 g/mol. The lowest BCUT2D eigenvalue weighted by Gasteiger charge is -2.33. The van der Waals surface area contributed by atoms with Crippen molar-refractivity contribution in [1.29, 1.82) is 0 Å². The number of aliphatic carboxylic acids is 1. The summed E-state index contributed by atoms with van der Waals surface area (Å²) in [6.07, 6.45) is 5.38. The molecule has 0 atom stereocenters. The SMILES string of the molecule is CC1CCC(CN(CCC(=O)O)c2ccccc2)CC1. The number of benzene rings is 1. The van der Waals surface area contributed by atoms with Crippen molar-refractivity contribution in [2.45, 2.75) is 39.0 Å². The van der Waals surface area contributed by atoms with E-state index in [1.54, 1.807) is 0 Å². The first-order valence-corrected chi connectivity index (χ1v) is 7.67. The van der Waals surface area contributed by atoms with E-state index in [4.69, 9.17) is 5.11 Å². The van der Waals surface area contributed by atoms with Gasteiger partial charge in [-0.3, -0.25) is 4.79 Å². The number of anilines is 1. The van der Waals surface area contributed by atoms with Crippen LogP contribution in [0.3, 0.4) is 0 Å². The van der Waals surface area contributed by atoms with Crippen LogP contribution in [-0.4, -0.2) is 24.2 Å². The summed E-state index contributed by atoms with van der Waals surface area (Å²) >= 11 is 0. The highest BCUT2D eigenvalue weighted by molar-refractivity contribution is 5.67. The molecule has 3 heteroatoms. The van der Waals surface area contributed by atoms with Crippen LogP contribution in [0.25, 0.3) is 0 Å². The maximum absolute atomic E-state index is 10.8. The highest BCUT2D eigenvalue weighted by Gasteiger charge is 2.21. The molecule has 0 amide bonds. The molecule has 1 aliphatic carbocycles. The van der Waals surface area contributed by atoms with E-state index in [0.29, 0.717) is 12.5 Å². The maximum Gasteiger partial charge on any atom is 0.305 e.